The lowest BCUT2D eigenvalue weighted by Gasteiger charge is -2.41. The molecule has 0 spiro atoms. The van der Waals surface area contributed by atoms with Crippen LogP contribution < -0.4 is 5.32 Å². The van der Waals surface area contributed by atoms with E-state index < -0.39 is 0 Å². The number of nitrogens with zero attached hydrogens (tertiary/aromatic N) is 5. The number of hydrogen-bond donors (Lipinski definition) is 1. The van der Waals surface area contributed by atoms with Crippen molar-refractivity contribution >= 4 is 22.8 Å². The number of aromatic nitrogens is 3. The standard InChI is InChI=1S/C17H22N6O2/c1-21-15-5-4-12(9-14(15)19-20-21)17(25)22-7-2-3-13(11-22)23-8-6-18-10-16(23)24/h4-5,9,13,18H,2-3,6-8,10-11H2,1H3. The minimum absolute atomic E-state index is 0.000151. The van der Waals surface area contributed by atoms with Gasteiger partial charge in [-0.1, -0.05) is 5.21 Å². The number of piperidine rings is 1. The van der Waals surface area contributed by atoms with Crippen LogP contribution in [0.25, 0.3) is 11.0 Å². The van der Waals surface area contributed by atoms with E-state index in [-0.39, 0.29) is 17.9 Å². The highest BCUT2D eigenvalue weighted by molar-refractivity contribution is 5.97. The van der Waals surface area contributed by atoms with E-state index in [9.17, 15) is 9.59 Å². The summed E-state index contributed by atoms with van der Waals surface area (Å²) in [5.74, 6) is 0.131. The van der Waals surface area contributed by atoms with E-state index in [1.54, 1.807) is 10.7 Å². The number of rotatable bonds is 2. The number of piperazine rings is 1. The zero-order valence-corrected chi connectivity index (χ0v) is 14.3. The van der Waals surface area contributed by atoms with Crippen molar-refractivity contribution in [1.82, 2.24) is 30.1 Å². The summed E-state index contributed by atoms with van der Waals surface area (Å²) < 4.78 is 1.69. The van der Waals surface area contributed by atoms with Crippen LogP contribution in [0.1, 0.15) is 23.2 Å². The molecule has 2 aliphatic heterocycles. The summed E-state index contributed by atoms with van der Waals surface area (Å²) >= 11 is 0. The molecule has 1 atom stereocenters. The second kappa shape index (κ2) is 6.44. The third kappa shape index (κ3) is 2.97. The van der Waals surface area contributed by atoms with Gasteiger partial charge in [0.1, 0.15) is 5.52 Å². The van der Waals surface area contributed by atoms with Crippen LogP contribution in [0.5, 0.6) is 0 Å². The van der Waals surface area contributed by atoms with E-state index in [1.165, 1.54) is 0 Å². The van der Waals surface area contributed by atoms with Crippen molar-refractivity contribution in [3.8, 4) is 0 Å². The summed E-state index contributed by atoms with van der Waals surface area (Å²) in [6.07, 6.45) is 1.87. The SMILES string of the molecule is Cn1nnc2cc(C(=O)N3CCCC(N4CCNCC4=O)C3)ccc21. The van der Waals surface area contributed by atoms with Crippen molar-refractivity contribution < 1.29 is 9.59 Å². The zero-order valence-electron chi connectivity index (χ0n) is 14.3. The number of aryl methyl sites for hydroxylation is 1. The van der Waals surface area contributed by atoms with E-state index >= 15 is 0 Å². The molecule has 0 aliphatic carbocycles. The maximum absolute atomic E-state index is 12.9. The molecule has 0 bridgehead atoms. The predicted octanol–water partition coefficient (Wildman–Crippen LogP) is 0.00470. The van der Waals surface area contributed by atoms with Crippen molar-refractivity contribution in [2.24, 2.45) is 7.05 Å². The van der Waals surface area contributed by atoms with Gasteiger partial charge in [-0.2, -0.15) is 0 Å². The molecular formula is C17H22N6O2. The predicted molar refractivity (Wildman–Crippen MR) is 92.0 cm³/mol. The van der Waals surface area contributed by atoms with Crippen LogP contribution in [-0.4, -0.2) is 75.4 Å². The van der Waals surface area contributed by atoms with E-state index in [2.05, 4.69) is 15.6 Å². The molecule has 4 rings (SSSR count). The highest BCUT2D eigenvalue weighted by Crippen LogP contribution is 2.20. The molecule has 8 nitrogen and oxygen atoms in total. The Bertz CT molecular complexity index is 817. The quantitative estimate of drug-likeness (QED) is 0.831. The average Bonchev–Trinajstić information content (AvgIpc) is 3.02. The van der Waals surface area contributed by atoms with Crippen LogP contribution in [0.4, 0.5) is 0 Å². The molecule has 1 aromatic carbocycles. The van der Waals surface area contributed by atoms with Crippen LogP contribution in [0.2, 0.25) is 0 Å². The van der Waals surface area contributed by atoms with E-state index in [0.717, 1.165) is 43.5 Å². The molecule has 0 saturated carbocycles. The first-order chi connectivity index (χ1) is 12.1. The molecule has 25 heavy (non-hydrogen) atoms. The molecule has 2 amide bonds. The van der Waals surface area contributed by atoms with E-state index in [4.69, 9.17) is 0 Å². The molecule has 3 heterocycles. The normalized spacial score (nSPS) is 21.8. The zero-order chi connectivity index (χ0) is 17.4. The lowest BCUT2D eigenvalue weighted by atomic mass is 10.0. The number of hydrogen-bond acceptors (Lipinski definition) is 5. The Morgan fingerprint density at radius 2 is 2.20 bits per heavy atom. The largest absolute Gasteiger partial charge is 0.337 e. The van der Waals surface area contributed by atoms with Gasteiger partial charge < -0.3 is 15.1 Å². The minimum atomic E-state index is -0.000151. The highest BCUT2D eigenvalue weighted by atomic mass is 16.2. The molecule has 1 N–H and O–H groups in total. The van der Waals surface area contributed by atoms with E-state index in [0.29, 0.717) is 18.7 Å². The summed E-state index contributed by atoms with van der Waals surface area (Å²) in [5.41, 5.74) is 2.25. The lowest BCUT2D eigenvalue weighted by Crippen LogP contribution is -2.57. The summed E-state index contributed by atoms with van der Waals surface area (Å²) in [4.78, 5) is 28.8. The van der Waals surface area contributed by atoms with Gasteiger partial charge in [0, 0.05) is 44.8 Å². The molecular weight excluding hydrogens is 320 g/mol. The Morgan fingerprint density at radius 3 is 3.04 bits per heavy atom. The molecule has 8 heteroatoms. The number of carbonyl (C=O) groups excluding carboxylic acids is 2. The second-order valence-corrected chi connectivity index (χ2v) is 6.73. The van der Waals surface area contributed by atoms with Gasteiger partial charge in [-0.05, 0) is 31.0 Å². The third-order valence-electron chi connectivity index (χ3n) is 5.11. The maximum Gasteiger partial charge on any atom is 0.254 e. The molecule has 1 aromatic heterocycles. The Hall–Kier alpha value is -2.48. The molecule has 0 radical (unpaired) electrons. The van der Waals surface area contributed by atoms with Crippen LogP contribution in [0.15, 0.2) is 18.2 Å². The fourth-order valence-electron chi connectivity index (χ4n) is 3.76. The monoisotopic (exact) mass is 342 g/mol. The van der Waals surface area contributed by atoms with Gasteiger partial charge in [-0.25, -0.2) is 4.68 Å². The molecule has 2 aromatic rings. The van der Waals surface area contributed by atoms with Crippen molar-refractivity contribution in [2.45, 2.75) is 18.9 Å². The topological polar surface area (TPSA) is 83.4 Å². The van der Waals surface area contributed by atoms with Crippen molar-refractivity contribution in [3.63, 3.8) is 0 Å². The van der Waals surface area contributed by atoms with Crippen LogP contribution >= 0.6 is 0 Å². The smallest absolute Gasteiger partial charge is 0.254 e. The summed E-state index contributed by atoms with van der Waals surface area (Å²) in [5, 5.41) is 11.2. The highest BCUT2D eigenvalue weighted by Gasteiger charge is 2.32. The first kappa shape index (κ1) is 16.0. The number of nitrogens with one attached hydrogen (secondary N) is 1. The van der Waals surface area contributed by atoms with Gasteiger partial charge in [0.15, 0.2) is 0 Å². The number of amides is 2. The second-order valence-electron chi connectivity index (χ2n) is 6.73. The Kier molecular flexibility index (Phi) is 4.12. The first-order valence-corrected chi connectivity index (χ1v) is 8.72. The molecule has 2 saturated heterocycles. The summed E-state index contributed by atoms with van der Waals surface area (Å²) in [6, 6.07) is 5.62. The first-order valence-electron chi connectivity index (χ1n) is 8.72. The molecule has 1 unspecified atom stereocenters. The fraction of sp³-hybridized carbons (Fsp3) is 0.529. The Labute approximate surface area is 145 Å². The van der Waals surface area contributed by atoms with Gasteiger partial charge in [0.2, 0.25) is 5.91 Å². The van der Waals surface area contributed by atoms with Crippen LogP contribution in [0, 0.1) is 0 Å². The van der Waals surface area contributed by atoms with Gasteiger partial charge in [-0.3, -0.25) is 9.59 Å². The van der Waals surface area contributed by atoms with Crippen molar-refractivity contribution in [3.05, 3.63) is 23.8 Å². The lowest BCUT2D eigenvalue weighted by molar-refractivity contribution is -0.135. The summed E-state index contributed by atoms with van der Waals surface area (Å²) in [7, 11) is 1.83. The molecule has 132 valence electrons. The third-order valence-corrected chi connectivity index (χ3v) is 5.11. The minimum Gasteiger partial charge on any atom is -0.337 e. The van der Waals surface area contributed by atoms with Crippen LogP contribution in [-0.2, 0) is 11.8 Å². The average molecular weight is 342 g/mol. The van der Waals surface area contributed by atoms with Gasteiger partial charge in [-0.15, -0.1) is 5.10 Å². The van der Waals surface area contributed by atoms with Crippen molar-refractivity contribution in [2.75, 3.05) is 32.7 Å². The van der Waals surface area contributed by atoms with Crippen LogP contribution in [0.3, 0.4) is 0 Å². The molecule has 2 fully saturated rings. The number of benzene rings is 1. The van der Waals surface area contributed by atoms with Gasteiger partial charge >= 0.3 is 0 Å². The Morgan fingerprint density at radius 1 is 1.32 bits per heavy atom. The maximum atomic E-state index is 12.9. The number of fused-ring (bicyclic) bond motifs is 1. The Balaban J connectivity index is 1.51. The molecule has 2 aliphatic rings. The summed E-state index contributed by atoms with van der Waals surface area (Å²) in [6.45, 7) is 3.27. The van der Waals surface area contributed by atoms with E-state index in [1.807, 2.05) is 29.0 Å². The number of likely N-dealkylation sites (tertiary alicyclic amines) is 1. The van der Waals surface area contributed by atoms with Crippen molar-refractivity contribution in [1.29, 1.82) is 0 Å². The number of carbonyl (C=O) groups is 2. The van der Waals surface area contributed by atoms with Gasteiger partial charge in [0.05, 0.1) is 12.1 Å². The fourth-order valence-corrected chi connectivity index (χ4v) is 3.76. The van der Waals surface area contributed by atoms with Gasteiger partial charge in [0.25, 0.3) is 5.91 Å².